The predicted octanol–water partition coefficient (Wildman–Crippen LogP) is 3.37. The second-order valence-corrected chi connectivity index (χ2v) is 5.79. The number of carbonyl (C=O) groups excluding carboxylic acids is 1. The highest BCUT2D eigenvalue weighted by Crippen LogP contribution is 2.35. The summed E-state index contributed by atoms with van der Waals surface area (Å²) in [6, 6.07) is 2.49. The van der Waals surface area contributed by atoms with E-state index >= 15 is 0 Å². The molecule has 0 saturated carbocycles. The van der Waals surface area contributed by atoms with Crippen LogP contribution in [-0.2, 0) is 11.2 Å². The van der Waals surface area contributed by atoms with Gasteiger partial charge < -0.3 is 4.90 Å². The Morgan fingerprint density at radius 1 is 1.69 bits per heavy atom. The van der Waals surface area contributed by atoms with Crippen LogP contribution >= 0.6 is 27.3 Å². The van der Waals surface area contributed by atoms with E-state index in [0.29, 0.717) is 12.5 Å². The van der Waals surface area contributed by atoms with Gasteiger partial charge >= 0.3 is 0 Å². The van der Waals surface area contributed by atoms with Crippen molar-refractivity contribution < 1.29 is 4.79 Å². The van der Waals surface area contributed by atoms with Crippen LogP contribution in [0.2, 0.25) is 0 Å². The summed E-state index contributed by atoms with van der Waals surface area (Å²) in [6.07, 6.45) is 2.64. The molecule has 0 saturated heterocycles. The van der Waals surface area contributed by atoms with Crippen LogP contribution in [0, 0.1) is 0 Å². The van der Waals surface area contributed by atoms with Gasteiger partial charge in [-0.25, -0.2) is 0 Å². The maximum Gasteiger partial charge on any atom is 0.223 e. The number of fused-ring (bicyclic) bond motifs is 1. The van der Waals surface area contributed by atoms with E-state index in [0.717, 1.165) is 24.7 Å². The third-order valence-corrected chi connectivity index (χ3v) is 4.50. The maximum absolute atomic E-state index is 12.0. The molecule has 1 amide bonds. The first-order valence-corrected chi connectivity index (χ1v) is 7.69. The summed E-state index contributed by atoms with van der Waals surface area (Å²) >= 11 is 5.16. The van der Waals surface area contributed by atoms with Crippen molar-refractivity contribution >= 4 is 33.2 Å². The molecule has 0 fully saturated rings. The number of halogens is 1. The van der Waals surface area contributed by atoms with E-state index in [-0.39, 0.29) is 5.91 Å². The zero-order valence-corrected chi connectivity index (χ0v) is 11.8. The molecule has 1 aromatic rings. The summed E-state index contributed by atoms with van der Waals surface area (Å²) in [5.74, 6) is 0.278. The minimum Gasteiger partial charge on any atom is -0.335 e. The summed E-state index contributed by atoms with van der Waals surface area (Å²) in [4.78, 5) is 15.5. The van der Waals surface area contributed by atoms with E-state index in [1.165, 1.54) is 10.4 Å². The second kappa shape index (κ2) is 5.32. The molecule has 2 nitrogen and oxygen atoms in total. The Bertz CT molecular complexity index is 377. The minimum absolute atomic E-state index is 0.278. The van der Waals surface area contributed by atoms with Gasteiger partial charge in [-0.3, -0.25) is 4.79 Å². The van der Waals surface area contributed by atoms with E-state index in [2.05, 4.69) is 39.2 Å². The molecule has 2 rings (SSSR count). The van der Waals surface area contributed by atoms with E-state index in [1.807, 2.05) is 11.3 Å². The second-order valence-electron chi connectivity index (χ2n) is 4.00. The van der Waals surface area contributed by atoms with Gasteiger partial charge in [0.1, 0.15) is 0 Å². The molecular weight excluding hydrogens is 286 g/mol. The Labute approximate surface area is 109 Å². The number of thiophene rings is 1. The maximum atomic E-state index is 12.0. The lowest BCUT2D eigenvalue weighted by Gasteiger charge is -2.35. The van der Waals surface area contributed by atoms with E-state index in [4.69, 9.17) is 0 Å². The molecule has 4 heteroatoms. The topological polar surface area (TPSA) is 20.3 Å². The molecule has 16 heavy (non-hydrogen) atoms. The largest absolute Gasteiger partial charge is 0.335 e. The quantitative estimate of drug-likeness (QED) is 0.784. The van der Waals surface area contributed by atoms with Crippen LogP contribution in [0.5, 0.6) is 0 Å². The molecule has 0 N–H and O–H groups in total. The van der Waals surface area contributed by atoms with Crippen LogP contribution in [0.4, 0.5) is 0 Å². The first kappa shape index (κ1) is 12.1. The number of carbonyl (C=O) groups is 1. The zero-order valence-electron chi connectivity index (χ0n) is 9.41. The van der Waals surface area contributed by atoms with Crippen molar-refractivity contribution in [3.8, 4) is 0 Å². The molecule has 0 aliphatic carbocycles. The van der Waals surface area contributed by atoms with Crippen LogP contribution in [0.15, 0.2) is 11.4 Å². The standard InChI is InChI=1S/C12H16BrNOS/c1-2-10-9-5-8-16-11(9)4-7-14(10)12(15)3-6-13/h5,8,10H,2-4,6-7H2,1H3. The van der Waals surface area contributed by atoms with Crippen molar-refractivity contribution in [1.29, 1.82) is 0 Å². The number of rotatable bonds is 3. The SMILES string of the molecule is CCC1c2ccsc2CCN1C(=O)CCBr. The van der Waals surface area contributed by atoms with Gasteiger partial charge in [0.2, 0.25) is 5.91 Å². The minimum atomic E-state index is 0.278. The van der Waals surface area contributed by atoms with Crippen molar-refractivity contribution in [3.63, 3.8) is 0 Å². The van der Waals surface area contributed by atoms with E-state index in [9.17, 15) is 4.79 Å². The third-order valence-electron chi connectivity index (χ3n) is 3.11. The summed E-state index contributed by atoms with van der Waals surface area (Å²) in [5.41, 5.74) is 1.38. The fourth-order valence-corrected chi connectivity index (χ4v) is 3.63. The van der Waals surface area contributed by atoms with Crippen LogP contribution in [-0.4, -0.2) is 22.7 Å². The monoisotopic (exact) mass is 301 g/mol. The molecule has 0 spiro atoms. The Kier molecular flexibility index (Phi) is 4.03. The number of amides is 1. The average Bonchev–Trinajstić information content (AvgIpc) is 2.75. The lowest BCUT2D eigenvalue weighted by atomic mass is 9.97. The Morgan fingerprint density at radius 3 is 3.19 bits per heavy atom. The molecule has 1 aliphatic heterocycles. The first-order chi connectivity index (χ1) is 7.77. The molecule has 0 radical (unpaired) electrons. The summed E-state index contributed by atoms with van der Waals surface area (Å²) in [7, 11) is 0. The molecule has 0 aromatic carbocycles. The fourth-order valence-electron chi connectivity index (χ4n) is 2.36. The number of hydrogen-bond donors (Lipinski definition) is 0. The molecule has 1 aromatic heterocycles. The van der Waals surface area contributed by atoms with Crippen LogP contribution in [0.3, 0.4) is 0 Å². The number of alkyl halides is 1. The van der Waals surface area contributed by atoms with Gasteiger partial charge in [-0.15, -0.1) is 11.3 Å². The van der Waals surface area contributed by atoms with Gasteiger partial charge in [-0.1, -0.05) is 22.9 Å². The molecular formula is C12H16BrNOS. The zero-order chi connectivity index (χ0) is 11.5. The van der Waals surface area contributed by atoms with E-state index < -0.39 is 0 Å². The van der Waals surface area contributed by atoms with Gasteiger partial charge in [0.15, 0.2) is 0 Å². The van der Waals surface area contributed by atoms with Crippen molar-refractivity contribution in [2.24, 2.45) is 0 Å². The van der Waals surface area contributed by atoms with E-state index in [1.54, 1.807) is 0 Å². The van der Waals surface area contributed by atoms with Crippen molar-refractivity contribution in [1.82, 2.24) is 4.90 Å². The van der Waals surface area contributed by atoms with Gasteiger partial charge in [0.25, 0.3) is 0 Å². The molecule has 1 aliphatic rings. The number of nitrogens with zero attached hydrogens (tertiary/aromatic N) is 1. The lowest BCUT2D eigenvalue weighted by Crippen LogP contribution is -2.39. The molecule has 1 unspecified atom stereocenters. The smallest absolute Gasteiger partial charge is 0.223 e. The van der Waals surface area contributed by atoms with Gasteiger partial charge in [0, 0.05) is 23.2 Å². The number of hydrogen-bond acceptors (Lipinski definition) is 2. The summed E-state index contributed by atoms with van der Waals surface area (Å²) in [5, 5.41) is 2.90. The highest BCUT2D eigenvalue weighted by molar-refractivity contribution is 9.09. The van der Waals surface area contributed by atoms with Gasteiger partial charge in [-0.05, 0) is 29.9 Å². The van der Waals surface area contributed by atoms with Crippen molar-refractivity contribution in [2.45, 2.75) is 32.2 Å². The fraction of sp³-hybridized carbons (Fsp3) is 0.583. The summed E-state index contributed by atoms with van der Waals surface area (Å²) in [6.45, 7) is 3.05. The Morgan fingerprint density at radius 2 is 2.50 bits per heavy atom. The first-order valence-electron chi connectivity index (χ1n) is 5.69. The Balaban J connectivity index is 2.21. The lowest BCUT2D eigenvalue weighted by molar-refractivity contribution is -0.133. The molecule has 1 atom stereocenters. The highest BCUT2D eigenvalue weighted by Gasteiger charge is 2.29. The third kappa shape index (κ3) is 2.18. The Hall–Kier alpha value is -0.350. The molecule has 0 bridgehead atoms. The van der Waals surface area contributed by atoms with Crippen molar-refractivity contribution in [2.75, 3.05) is 11.9 Å². The predicted molar refractivity (Wildman–Crippen MR) is 71.2 cm³/mol. The normalized spacial score (nSPS) is 19.6. The molecule has 88 valence electrons. The van der Waals surface area contributed by atoms with Crippen molar-refractivity contribution in [3.05, 3.63) is 21.9 Å². The highest BCUT2D eigenvalue weighted by atomic mass is 79.9. The van der Waals surface area contributed by atoms with Gasteiger partial charge in [0.05, 0.1) is 6.04 Å². The van der Waals surface area contributed by atoms with Gasteiger partial charge in [-0.2, -0.15) is 0 Å². The van der Waals surface area contributed by atoms with Crippen LogP contribution in [0.1, 0.15) is 36.2 Å². The van der Waals surface area contributed by atoms with Crippen LogP contribution in [0.25, 0.3) is 0 Å². The van der Waals surface area contributed by atoms with Crippen LogP contribution < -0.4 is 0 Å². The molecule has 2 heterocycles. The average molecular weight is 302 g/mol. The summed E-state index contributed by atoms with van der Waals surface area (Å²) < 4.78 is 0.